The summed E-state index contributed by atoms with van der Waals surface area (Å²) in [5, 5.41) is 8.94. The molecule has 0 bridgehead atoms. The van der Waals surface area contributed by atoms with Gasteiger partial charge in [0.05, 0.1) is 0 Å². The summed E-state index contributed by atoms with van der Waals surface area (Å²) in [6.45, 7) is 11.8. The van der Waals surface area contributed by atoms with Crippen LogP contribution in [0.15, 0.2) is 0 Å². The second kappa shape index (κ2) is 9.83. The van der Waals surface area contributed by atoms with Crippen molar-refractivity contribution in [2.75, 3.05) is 0 Å². The highest BCUT2D eigenvalue weighted by molar-refractivity contribution is 5.71. The third-order valence-electron chi connectivity index (χ3n) is 9.49. The van der Waals surface area contributed by atoms with Crippen molar-refractivity contribution in [1.29, 1.82) is 0 Å². The number of fused-ring (bicyclic) bond motifs is 3. The van der Waals surface area contributed by atoms with Gasteiger partial charge in [0.25, 0.3) is 0 Å². The largest absolute Gasteiger partial charge is 0.481 e. The smallest absolute Gasteiger partial charge is 0.306 e. The van der Waals surface area contributed by atoms with Gasteiger partial charge in [0.2, 0.25) is 0 Å². The van der Waals surface area contributed by atoms with E-state index in [4.69, 9.17) is 9.84 Å². The maximum Gasteiger partial charge on any atom is 0.306 e. The Hall–Kier alpha value is -1.06. The first kappa shape index (κ1) is 24.6. The molecule has 3 fully saturated rings. The molecule has 3 aliphatic rings. The average Bonchev–Trinajstić information content (AvgIpc) is 3.02. The van der Waals surface area contributed by atoms with Crippen LogP contribution >= 0.6 is 0 Å². The van der Waals surface area contributed by atoms with Crippen molar-refractivity contribution in [1.82, 2.24) is 0 Å². The fraction of sp³-hybridized carbons (Fsp3) is 0.926. The highest BCUT2D eigenvalue weighted by Crippen LogP contribution is 2.64. The van der Waals surface area contributed by atoms with Gasteiger partial charge in [-0.05, 0) is 86.9 Å². The predicted molar refractivity (Wildman–Crippen MR) is 124 cm³/mol. The Morgan fingerprint density at radius 3 is 2.48 bits per heavy atom. The van der Waals surface area contributed by atoms with Gasteiger partial charge in [-0.15, -0.1) is 0 Å². The standard InChI is InChI=1S/C27H46O4/c1-18(2)9-8-10-19(3)21-12-13-22-20-17-25(30)31-27(5,15-7-6-11-24(28)29)23(20)14-16-26(21,22)4/h18-23H,6-17H2,1-5H3,(H,28,29)/t19-,20+,21-,22+,23+,26-,27-/m1/s1. The summed E-state index contributed by atoms with van der Waals surface area (Å²) in [7, 11) is 0. The Bertz CT molecular complexity index is 643. The normalized spacial score (nSPS) is 38.5. The summed E-state index contributed by atoms with van der Waals surface area (Å²) < 4.78 is 6.00. The number of ether oxygens (including phenoxy) is 1. The molecular formula is C27H46O4. The molecule has 3 rings (SSSR count). The van der Waals surface area contributed by atoms with E-state index in [1.165, 1.54) is 38.5 Å². The van der Waals surface area contributed by atoms with Crippen LogP contribution in [0.3, 0.4) is 0 Å². The molecule has 178 valence electrons. The van der Waals surface area contributed by atoms with E-state index in [2.05, 4.69) is 34.6 Å². The van der Waals surface area contributed by atoms with Gasteiger partial charge in [0.1, 0.15) is 5.60 Å². The number of esters is 1. The first-order chi connectivity index (χ1) is 14.6. The number of aliphatic carboxylic acids is 1. The van der Waals surface area contributed by atoms with Gasteiger partial charge in [-0.1, -0.05) is 47.0 Å². The first-order valence-corrected chi connectivity index (χ1v) is 13.0. The van der Waals surface area contributed by atoms with E-state index in [1.54, 1.807) is 0 Å². The first-order valence-electron chi connectivity index (χ1n) is 13.0. The number of rotatable bonds is 10. The van der Waals surface area contributed by atoms with Gasteiger partial charge in [-0.2, -0.15) is 0 Å². The molecular weight excluding hydrogens is 388 g/mol. The number of hydrogen-bond donors (Lipinski definition) is 1. The van der Waals surface area contributed by atoms with E-state index in [9.17, 15) is 9.59 Å². The van der Waals surface area contributed by atoms with Crippen molar-refractivity contribution < 1.29 is 19.4 Å². The van der Waals surface area contributed by atoms with Crippen molar-refractivity contribution in [3.05, 3.63) is 0 Å². The van der Waals surface area contributed by atoms with Crippen LogP contribution in [0.4, 0.5) is 0 Å². The molecule has 0 radical (unpaired) electrons. The Labute approximate surface area is 189 Å². The average molecular weight is 435 g/mol. The summed E-state index contributed by atoms with van der Waals surface area (Å²) >= 11 is 0. The molecule has 1 heterocycles. The van der Waals surface area contributed by atoms with Crippen molar-refractivity contribution in [3.8, 4) is 0 Å². The summed E-state index contributed by atoms with van der Waals surface area (Å²) in [5.74, 6) is 3.08. The fourth-order valence-electron chi connectivity index (χ4n) is 7.91. The number of carboxylic acid groups (broad SMARTS) is 1. The lowest BCUT2D eigenvalue weighted by Gasteiger charge is -2.56. The van der Waals surface area contributed by atoms with Gasteiger partial charge in [-0.3, -0.25) is 9.59 Å². The monoisotopic (exact) mass is 434 g/mol. The van der Waals surface area contributed by atoms with Crippen LogP contribution in [0.2, 0.25) is 0 Å². The molecule has 0 spiro atoms. The third kappa shape index (κ3) is 5.30. The molecule has 2 aliphatic carbocycles. The second-order valence-electron chi connectivity index (χ2n) is 12.0. The zero-order valence-corrected chi connectivity index (χ0v) is 20.6. The number of unbranched alkanes of at least 4 members (excludes halogenated alkanes) is 1. The Balaban J connectivity index is 1.68. The van der Waals surface area contributed by atoms with Gasteiger partial charge < -0.3 is 9.84 Å². The van der Waals surface area contributed by atoms with Gasteiger partial charge >= 0.3 is 11.9 Å². The number of hydrogen-bond acceptors (Lipinski definition) is 3. The molecule has 4 nitrogen and oxygen atoms in total. The third-order valence-corrected chi connectivity index (χ3v) is 9.49. The fourth-order valence-corrected chi connectivity index (χ4v) is 7.91. The van der Waals surface area contributed by atoms with Gasteiger partial charge in [0, 0.05) is 18.8 Å². The summed E-state index contributed by atoms with van der Waals surface area (Å²) in [4.78, 5) is 23.5. The molecule has 0 amide bonds. The quantitative estimate of drug-likeness (QED) is 0.301. The highest BCUT2D eigenvalue weighted by atomic mass is 16.6. The number of cyclic esters (lactones) is 1. The van der Waals surface area contributed by atoms with Crippen molar-refractivity contribution in [2.24, 2.45) is 40.9 Å². The molecule has 4 heteroatoms. The molecule has 1 N–H and O–H groups in total. The minimum Gasteiger partial charge on any atom is -0.481 e. The molecule has 2 saturated carbocycles. The van der Waals surface area contributed by atoms with E-state index in [-0.39, 0.29) is 12.4 Å². The maximum absolute atomic E-state index is 12.7. The van der Waals surface area contributed by atoms with Crippen molar-refractivity contribution >= 4 is 11.9 Å². The SMILES string of the molecule is CC(C)CCC[C@@H](C)[C@H]1CC[C@H]2[C@@H]3CC(=O)O[C@](C)(CCCCC(=O)O)[C@H]3CC[C@]12C. The lowest BCUT2D eigenvalue weighted by Crippen LogP contribution is -2.55. The van der Waals surface area contributed by atoms with Crippen molar-refractivity contribution in [2.45, 2.75) is 117 Å². The second-order valence-corrected chi connectivity index (χ2v) is 12.0. The van der Waals surface area contributed by atoms with Crippen LogP contribution < -0.4 is 0 Å². The molecule has 0 unspecified atom stereocenters. The van der Waals surface area contributed by atoms with Crippen LogP contribution in [-0.4, -0.2) is 22.6 Å². The zero-order valence-electron chi connectivity index (χ0n) is 20.6. The summed E-state index contributed by atoms with van der Waals surface area (Å²) in [6, 6.07) is 0. The predicted octanol–water partition coefficient (Wildman–Crippen LogP) is 6.86. The highest BCUT2D eigenvalue weighted by Gasteiger charge is 2.60. The van der Waals surface area contributed by atoms with Gasteiger partial charge in [0.15, 0.2) is 0 Å². The van der Waals surface area contributed by atoms with E-state index in [0.29, 0.717) is 36.0 Å². The topological polar surface area (TPSA) is 63.6 Å². The van der Waals surface area contributed by atoms with E-state index in [1.807, 2.05) is 0 Å². The molecule has 31 heavy (non-hydrogen) atoms. The molecule has 0 aromatic rings. The molecule has 1 aliphatic heterocycles. The number of carbonyl (C=O) groups excluding carboxylic acids is 1. The number of carbonyl (C=O) groups is 2. The van der Waals surface area contributed by atoms with E-state index < -0.39 is 11.6 Å². The molecule has 0 aromatic carbocycles. The molecule has 0 aromatic heterocycles. The van der Waals surface area contributed by atoms with Crippen LogP contribution in [0.1, 0.15) is 112 Å². The van der Waals surface area contributed by atoms with Crippen LogP contribution in [0, 0.1) is 40.9 Å². The Morgan fingerprint density at radius 2 is 1.81 bits per heavy atom. The molecule has 1 saturated heterocycles. The molecule has 7 atom stereocenters. The Kier molecular flexibility index (Phi) is 7.79. The number of carboxylic acids is 1. The zero-order chi connectivity index (χ0) is 22.8. The van der Waals surface area contributed by atoms with Gasteiger partial charge in [-0.25, -0.2) is 0 Å². The van der Waals surface area contributed by atoms with Crippen LogP contribution in [-0.2, 0) is 14.3 Å². The summed E-state index contributed by atoms with van der Waals surface area (Å²) in [6.07, 6.45) is 12.0. The van der Waals surface area contributed by atoms with Crippen LogP contribution in [0.25, 0.3) is 0 Å². The van der Waals surface area contributed by atoms with E-state index in [0.717, 1.165) is 37.0 Å². The minimum atomic E-state index is -0.739. The minimum absolute atomic E-state index is 0.0281. The lowest BCUT2D eigenvalue weighted by molar-refractivity contribution is -0.197. The summed E-state index contributed by atoms with van der Waals surface area (Å²) in [5.41, 5.74) is -0.0545. The van der Waals surface area contributed by atoms with Crippen molar-refractivity contribution in [3.63, 3.8) is 0 Å². The van der Waals surface area contributed by atoms with Crippen LogP contribution in [0.5, 0.6) is 0 Å². The Morgan fingerprint density at radius 1 is 1.06 bits per heavy atom. The maximum atomic E-state index is 12.7. The lowest BCUT2D eigenvalue weighted by atomic mass is 9.52. The van der Waals surface area contributed by atoms with E-state index >= 15 is 0 Å².